The summed E-state index contributed by atoms with van der Waals surface area (Å²) in [5.74, 6) is 2.06. The molecule has 3 heterocycles. The number of carbonyl (C=O) groups is 2. The van der Waals surface area contributed by atoms with Gasteiger partial charge in [-0.05, 0) is 25.7 Å². The number of piperidine rings is 1. The van der Waals surface area contributed by atoms with E-state index in [2.05, 4.69) is 15.1 Å². The Hall–Kier alpha value is -2.71. The molecule has 2 aromatic heterocycles. The molecule has 29 heavy (non-hydrogen) atoms. The first kappa shape index (κ1) is 19.6. The molecule has 1 saturated carbocycles. The number of aromatic nitrogens is 3. The topological polar surface area (TPSA) is 106 Å². The molecule has 0 bridgehead atoms. The van der Waals surface area contributed by atoms with E-state index < -0.39 is 0 Å². The smallest absolute Gasteiger partial charge is 0.275 e. The van der Waals surface area contributed by atoms with Crippen molar-refractivity contribution in [3.05, 3.63) is 29.6 Å². The number of hydrogen-bond donors (Lipinski definition) is 0. The minimum atomic E-state index is -0.154. The molecule has 9 nitrogen and oxygen atoms in total. The zero-order valence-electron chi connectivity index (χ0n) is 17.0. The molecular weight excluding hydrogens is 374 g/mol. The van der Waals surface area contributed by atoms with Gasteiger partial charge in [0.05, 0.1) is 0 Å². The Morgan fingerprint density at radius 1 is 1.24 bits per heavy atom. The monoisotopic (exact) mass is 401 g/mol. The summed E-state index contributed by atoms with van der Waals surface area (Å²) in [4.78, 5) is 37.2. The maximum absolute atomic E-state index is 12.7. The first-order chi connectivity index (χ1) is 14.0. The highest BCUT2D eigenvalue weighted by Crippen LogP contribution is 2.35. The fourth-order valence-corrected chi connectivity index (χ4v) is 4.02. The van der Waals surface area contributed by atoms with E-state index >= 15 is 0 Å². The third-order valence-electron chi connectivity index (χ3n) is 5.88. The van der Waals surface area contributed by atoms with E-state index in [0.717, 1.165) is 31.6 Å². The number of aryl methyl sites for hydroxylation is 1. The lowest BCUT2D eigenvalue weighted by Gasteiger charge is -2.38. The summed E-state index contributed by atoms with van der Waals surface area (Å²) in [5, 5.41) is 4.07. The van der Waals surface area contributed by atoms with Gasteiger partial charge < -0.3 is 18.7 Å². The second-order valence-electron chi connectivity index (χ2n) is 7.94. The molecule has 0 N–H and O–H groups in total. The van der Waals surface area contributed by atoms with Crippen LogP contribution in [0.25, 0.3) is 0 Å². The van der Waals surface area contributed by atoms with Crippen molar-refractivity contribution in [2.45, 2.75) is 64.3 Å². The lowest BCUT2D eigenvalue weighted by Crippen LogP contribution is -2.51. The van der Waals surface area contributed by atoms with Gasteiger partial charge in [0.2, 0.25) is 11.8 Å². The summed E-state index contributed by atoms with van der Waals surface area (Å²) >= 11 is 0. The van der Waals surface area contributed by atoms with Crippen LogP contribution < -0.4 is 0 Å². The first-order valence-electron chi connectivity index (χ1n) is 10.3. The number of oxazole rings is 1. The summed E-state index contributed by atoms with van der Waals surface area (Å²) in [6, 6.07) is -0.0313. The third-order valence-corrected chi connectivity index (χ3v) is 5.88. The molecule has 156 valence electrons. The lowest BCUT2D eigenvalue weighted by atomic mass is 9.85. The predicted octanol–water partition coefficient (Wildman–Crippen LogP) is 2.33. The van der Waals surface area contributed by atoms with E-state index in [9.17, 15) is 9.59 Å². The van der Waals surface area contributed by atoms with Crippen molar-refractivity contribution in [2.75, 3.05) is 19.6 Å². The summed E-state index contributed by atoms with van der Waals surface area (Å²) in [6.07, 6.45) is 7.07. The Morgan fingerprint density at radius 3 is 2.72 bits per heavy atom. The largest absolute Gasteiger partial charge is 0.448 e. The van der Waals surface area contributed by atoms with Gasteiger partial charge in [0.15, 0.2) is 17.4 Å². The highest BCUT2D eigenvalue weighted by atomic mass is 16.5. The van der Waals surface area contributed by atoms with E-state index in [0.29, 0.717) is 49.4 Å². The van der Waals surface area contributed by atoms with E-state index in [1.807, 2.05) is 4.90 Å². The van der Waals surface area contributed by atoms with Crippen molar-refractivity contribution in [1.29, 1.82) is 0 Å². The van der Waals surface area contributed by atoms with Crippen LogP contribution in [0.1, 0.15) is 73.0 Å². The van der Waals surface area contributed by atoms with Crippen LogP contribution in [0.15, 0.2) is 15.2 Å². The zero-order valence-corrected chi connectivity index (χ0v) is 17.0. The maximum Gasteiger partial charge on any atom is 0.275 e. The van der Waals surface area contributed by atoms with Gasteiger partial charge in [0, 0.05) is 51.9 Å². The van der Waals surface area contributed by atoms with Gasteiger partial charge in [-0.2, -0.15) is 4.98 Å². The Labute approximate surface area is 169 Å². The van der Waals surface area contributed by atoms with E-state index in [1.54, 1.807) is 18.7 Å². The van der Waals surface area contributed by atoms with Gasteiger partial charge in [-0.25, -0.2) is 4.98 Å². The Kier molecular flexibility index (Phi) is 5.64. The average molecular weight is 401 g/mol. The van der Waals surface area contributed by atoms with Crippen LogP contribution in [-0.2, 0) is 11.2 Å². The average Bonchev–Trinajstić information content (AvgIpc) is 3.29. The molecule has 1 saturated heterocycles. The van der Waals surface area contributed by atoms with Gasteiger partial charge in [-0.1, -0.05) is 11.6 Å². The van der Waals surface area contributed by atoms with Crippen molar-refractivity contribution in [3.63, 3.8) is 0 Å². The van der Waals surface area contributed by atoms with Crippen LogP contribution in [-0.4, -0.2) is 62.4 Å². The van der Waals surface area contributed by atoms with Crippen molar-refractivity contribution >= 4 is 11.8 Å². The minimum absolute atomic E-state index is 0.00992. The Balaban J connectivity index is 1.37. The number of likely N-dealkylation sites (tertiary alicyclic amines) is 1. The van der Waals surface area contributed by atoms with Crippen LogP contribution in [0.3, 0.4) is 0 Å². The van der Waals surface area contributed by atoms with E-state index in [-0.39, 0.29) is 17.9 Å². The number of nitrogens with zero attached hydrogens (tertiary/aromatic N) is 5. The van der Waals surface area contributed by atoms with Crippen LogP contribution in [0.4, 0.5) is 0 Å². The number of carbonyl (C=O) groups excluding carboxylic acids is 2. The molecule has 9 heteroatoms. The molecule has 2 amide bonds. The molecule has 0 radical (unpaired) electrons. The first-order valence-corrected chi connectivity index (χ1v) is 10.3. The quantitative estimate of drug-likeness (QED) is 0.731. The third kappa shape index (κ3) is 4.33. The molecule has 1 aliphatic heterocycles. The van der Waals surface area contributed by atoms with E-state index in [1.165, 1.54) is 12.7 Å². The molecule has 0 spiro atoms. The van der Waals surface area contributed by atoms with Gasteiger partial charge in [0.25, 0.3) is 5.91 Å². The zero-order chi connectivity index (χ0) is 20.4. The standard InChI is InChI=1S/C20H27N5O4/c1-13-21-17(12-28-13)20(27)24-9-4-7-16(11-24)25(14(2)26)10-8-18-22-19(29-23-18)15-5-3-6-15/h12,15-16H,3-11H2,1-2H3. The maximum atomic E-state index is 12.7. The number of hydrogen-bond acceptors (Lipinski definition) is 7. The van der Waals surface area contributed by atoms with Crippen LogP contribution in [0.5, 0.6) is 0 Å². The van der Waals surface area contributed by atoms with E-state index in [4.69, 9.17) is 8.94 Å². The molecule has 0 aromatic carbocycles. The Bertz CT molecular complexity index is 872. The van der Waals surface area contributed by atoms with Crippen molar-refractivity contribution < 1.29 is 18.5 Å². The summed E-state index contributed by atoms with van der Waals surface area (Å²) in [5.41, 5.74) is 0.313. The van der Waals surface area contributed by atoms with Crippen molar-refractivity contribution in [1.82, 2.24) is 24.9 Å². The predicted molar refractivity (Wildman–Crippen MR) is 102 cm³/mol. The van der Waals surface area contributed by atoms with Crippen LogP contribution >= 0.6 is 0 Å². The van der Waals surface area contributed by atoms with Gasteiger partial charge in [0.1, 0.15) is 6.26 Å². The summed E-state index contributed by atoms with van der Waals surface area (Å²) in [7, 11) is 0. The molecule has 2 fully saturated rings. The molecule has 2 aromatic rings. The van der Waals surface area contributed by atoms with Crippen molar-refractivity contribution in [2.24, 2.45) is 0 Å². The molecule has 1 aliphatic carbocycles. The Morgan fingerprint density at radius 2 is 2.07 bits per heavy atom. The van der Waals surface area contributed by atoms with Gasteiger partial charge in [-0.15, -0.1) is 0 Å². The molecule has 1 atom stereocenters. The normalized spacial score (nSPS) is 19.8. The van der Waals surface area contributed by atoms with Crippen LogP contribution in [0.2, 0.25) is 0 Å². The van der Waals surface area contributed by atoms with Gasteiger partial charge in [-0.3, -0.25) is 9.59 Å². The highest BCUT2D eigenvalue weighted by Gasteiger charge is 2.31. The second kappa shape index (κ2) is 8.34. The minimum Gasteiger partial charge on any atom is -0.448 e. The second-order valence-corrected chi connectivity index (χ2v) is 7.94. The number of amides is 2. The molecule has 1 unspecified atom stereocenters. The lowest BCUT2D eigenvalue weighted by molar-refractivity contribution is -0.132. The fourth-order valence-electron chi connectivity index (χ4n) is 4.02. The SMILES string of the molecule is CC(=O)N(CCc1noc(C2CCC2)n1)C1CCCN(C(=O)c2coc(C)n2)C1. The summed E-state index contributed by atoms with van der Waals surface area (Å²) in [6.45, 7) is 4.93. The molecular formula is C20H27N5O4. The van der Waals surface area contributed by atoms with Crippen LogP contribution in [0, 0.1) is 6.92 Å². The fraction of sp³-hybridized carbons (Fsp3) is 0.650. The summed E-state index contributed by atoms with van der Waals surface area (Å²) < 4.78 is 10.5. The molecule has 4 rings (SSSR count). The van der Waals surface area contributed by atoms with Crippen molar-refractivity contribution in [3.8, 4) is 0 Å². The number of rotatable bonds is 6. The molecule has 2 aliphatic rings. The highest BCUT2D eigenvalue weighted by molar-refractivity contribution is 5.92. The van der Waals surface area contributed by atoms with Gasteiger partial charge >= 0.3 is 0 Å².